The molecule has 2 aromatic carbocycles. The summed E-state index contributed by atoms with van der Waals surface area (Å²) >= 11 is 6.22. The molecular formula is C18H20ClN4O2S+. The first-order valence-electron chi connectivity index (χ1n) is 8.30. The number of para-hydroxylation sites is 1. The largest absolute Gasteiger partial charge is 0.354 e. The fourth-order valence-electron chi connectivity index (χ4n) is 3.45. The molecular weight excluding hydrogens is 372 g/mol. The summed E-state index contributed by atoms with van der Waals surface area (Å²) in [5.41, 5.74) is 8.35. The van der Waals surface area contributed by atoms with Gasteiger partial charge in [-0.15, -0.1) is 0 Å². The first kappa shape index (κ1) is 17.4. The van der Waals surface area contributed by atoms with Crippen LogP contribution >= 0.6 is 11.6 Å². The van der Waals surface area contributed by atoms with Gasteiger partial charge in [0.05, 0.1) is 22.8 Å². The van der Waals surface area contributed by atoms with Crippen molar-refractivity contribution in [3.63, 3.8) is 0 Å². The van der Waals surface area contributed by atoms with Gasteiger partial charge in [-0.2, -0.15) is 12.7 Å². The number of hydrogen-bond donors (Lipinski definition) is 2. The van der Waals surface area contributed by atoms with E-state index in [1.165, 1.54) is 4.31 Å². The molecule has 4 N–H and O–H groups in total. The van der Waals surface area contributed by atoms with Crippen LogP contribution in [0.15, 0.2) is 42.6 Å². The van der Waals surface area contributed by atoms with E-state index in [1.54, 1.807) is 18.3 Å². The molecule has 136 valence electrons. The highest BCUT2D eigenvalue weighted by Gasteiger charge is 2.30. The fourth-order valence-corrected chi connectivity index (χ4v) is 4.94. The molecule has 0 fully saturated rings. The third-order valence-electron chi connectivity index (χ3n) is 4.78. The molecule has 0 spiro atoms. The molecule has 1 aliphatic heterocycles. The topological polar surface area (TPSA) is 82.0 Å². The molecule has 6 nitrogen and oxygen atoms in total. The van der Waals surface area contributed by atoms with Crippen molar-refractivity contribution in [1.29, 1.82) is 0 Å². The molecule has 0 saturated heterocycles. The van der Waals surface area contributed by atoms with E-state index in [0.717, 1.165) is 27.6 Å². The van der Waals surface area contributed by atoms with Gasteiger partial charge in [-0.05, 0) is 23.3 Å². The number of aryl methyl sites for hydroxylation is 1. The number of quaternary nitrogens is 1. The second-order valence-electron chi connectivity index (χ2n) is 6.52. The highest BCUT2D eigenvalue weighted by atomic mass is 35.5. The lowest BCUT2D eigenvalue weighted by Crippen LogP contribution is -2.47. The van der Waals surface area contributed by atoms with Crippen LogP contribution in [0.25, 0.3) is 10.9 Å². The van der Waals surface area contributed by atoms with E-state index in [9.17, 15) is 8.42 Å². The van der Waals surface area contributed by atoms with Gasteiger partial charge >= 0.3 is 10.2 Å². The highest BCUT2D eigenvalue weighted by molar-refractivity contribution is 7.90. The van der Waals surface area contributed by atoms with E-state index in [-0.39, 0.29) is 0 Å². The lowest BCUT2D eigenvalue weighted by Gasteiger charge is -2.18. The summed E-state index contributed by atoms with van der Waals surface area (Å²) < 4.78 is 31.9. The van der Waals surface area contributed by atoms with E-state index in [1.807, 2.05) is 35.9 Å². The summed E-state index contributed by atoms with van der Waals surface area (Å²) in [6.45, 7) is 1.42. The van der Waals surface area contributed by atoms with Gasteiger partial charge in [0.15, 0.2) is 0 Å². The maximum absolute atomic E-state index is 12.9. The number of benzene rings is 2. The smallest absolute Gasteiger partial charge is 0.302 e. The Morgan fingerprint density at radius 1 is 1.19 bits per heavy atom. The molecule has 0 radical (unpaired) electrons. The van der Waals surface area contributed by atoms with Gasteiger partial charge in [-0.1, -0.05) is 35.9 Å². The van der Waals surface area contributed by atoms with Gasteiger partial charge in [0.25, 0.3) is 0 Å². The molecule has 2 heterocycles. The van der Waals surface area contributed by atoms with E-state index < -0.39 is 10.2 Å². The minimum absolute atomic E-state index is 0.363. The lowest BCUT2D eigenvalue weighted by atomic mass is 10.1. The average Bonchev–Trinajstić information content (AvgIpc) is 3.16. The van der Waals surface area contributed by atoms with E-state index in [4.69, 9.17) is 11.6 Å². The van der Waals surface area contributed by atoms with Crippen LogP contribution in [-0.4, -0.2) is 17.3 Å². The van der Waals surface area contributed by atoms with Crippen molar-refractivity contribution in [2.45, 2.75) is 19.6 Å². The molecule has 0 aliphatic carbocycles. The zero-order valence-electron chi connectivity index (χ0n) is 14.4. The van der Waals surface area contributed by atoms with Crippen molar-refractivity contribution in [3.8, 4) is 0 Å². The molecule has 26 heavy (non-hydrogen) atoms. The number of rotatable bonds is 4. The number of aromatic nitrogens is 1. The average molecular weight is 392 g/mol. The first-order valence-corrected chi connectivity index (χ1v) is 10.1. The van der Waals surface area contributed by atoms with Crippen molar-refractivity contribution in [3.05, 3.63) is 64.3 Å². The molecule has 0 bridgehead atoms. The summed E-state index contributed by atoms with van der Waals surface area (Å²) in [6, 6.07) is 11.5. The maximum atomic E-state index is 12.9. The number of nitrogens with zero attached hydrogens (tertiary/aromatic N) is 2. The summed E-state index contributed by atoms with van der Waals surface area (Å²) in [5, 5.41) is 1.41. The highest BCUT2D eigenvalue weighted by Crippen LogP contribution is 2.32. The maximum Gasteiger partial charge on any atom is 0.302 e. The minimum Gasteiger partial charge on any atom is -0.354 e. The van der Waals surface area contributed by atoms with Crippen LogP contribution in [0.3, 0.4) is 0 Å². The van der Waals surface area contributed by atoms with Gasteiger partial charge in [0.1, 0.15) is 0 Å². The van der Waals surface area contributed by atoms with Crippen molar-refractivity contribution in [2.75, 3.05) is 4.72 Å². The molecule has 0 atom stereocenters. The van der Waals surface area contributed by atoms with Crippen LogP contribution in [-0.2, 0) is 36.9 Å². The second kappa shape index (κ2) is 6.28. The number of fused-ring (bicyclic) bond motifs is 2. The number of halogens is 1. The van der Waals surface area contributed by atoms with E-state index in [0.29, 0.717) is 30.3 Å². The standard InChI is InChI=1S/C18H19ClN4O2S/c1-22-11-16(19)15-3-2-4-17(18(15)22)21-26(24,25)23-9-13-6-5-12(8-20)7-14(13)10-23/h2-7,11,21H,8-10,20H2,1H3/p+1. The molecule has 0 amide bonds. The molecule has 8 heteroatoms. The van der Waals surface area contributed by atoms with Gasteiger partial charge in [-0.25, -0.2) is 0 Å². The van der Waals surface area contributed by atoms with Crippen molar-refractivity contribution >= 4 is 38.4 Å². The summed E-state index contributed by atoms with van der Waals surface area (Å²) in [7, 11) is -1.84. The Bertz CT molecular complexity index is 1110. The van der Waals surface area contributed by atoms with Crippen LogP contribution in [0.5, 0.6) is 0 Å². The second-order valence-corrected chi connectivity index (χ2v) is 8.60. The lowest BCUT2D eigenvalue weighted by molar-refractivity contribution is -0.386. The van der Waals surface area contributed by atoms with Crippen LogP contribution in [0.4, 0.5) is 5.69 Å². The number of nitrogens with one attached hydrogen (secondary N) is 1. The molecule has 3 aromatic rings. The zero-order valence-corrected chi connectivity index (χ0v) is 15.9. The van der Waals surface area contributed by atoms with Crippen molar-refractivity contribution < 1.29 is 14.2 Å². The van der Waals surface area contributed by atoms with E-state index >= 15 is 0 Å². The van der Waals surface area contributed by atoms with Crippen LogP contribution < -0.4 is 10.5 Å². The summed E-state index contributed by atoms with van der Waals surface area (Å²) in [4.78, 5) is 0. The predicted molar refractivity (Wildman–Crippen MR) is 103 cm³/mol. The van der Waals surface area contributed by atoms with Crippen LogP contribution in [0.2, 0.25) is 5.02 Å². The quantitative estimate of drug-likeness (QED) is 0.715. The van der Waals surface area contributed by atoms with Crippen LogP contribution in [0.1, 0.15) is 16.7 Å². The van der Waals surface area contributed by atoms with Crippen molar-refractivity contribution in [1.82, 2.24) is 8.87 Å². The van der Waals surface area contributed by atoms with Gasteiger partial charge < -0.3 is 10.3 Å². The van der Waals surface area contributed by atoms with Gasteiger partial charge in [0.2, 0.25) is 0 Å². The third kappa shape index (κ3) is 2.87. The Hall–Kier alpha value is -2.06. The van der Waals surface area contributed by atoms with Gasteiger partial charge in [-0.3, -0.25) is 4.72 Å². The molecule has 0 saturated carbocycles. The Labute approximate surface area is 157 Å². The monoisotopic (exact) mass is 391 g/mol. The Morgan fingerprint density at radius 2 is 1.96 bits per heavy atom. The normalized spacial score (nSPS) is 14.7. The Morgan fingerprint density at radius 3 is 2.73 bits per heavy atom. The van der Waals surface area contributed by atoms with Crippen molar-refractivity contribution in [2.24, 2.45) is 7.05 Å². The Balaban J connectivity index is 1.65. The molecule has 1 aliphatic rings. The summed E-state index contributed by atoms with van der Waals surface area (Å²) in [6.07, 6.45) is 1.77. The fraction of sp³-hybridized carbons (Fsp3) is 0.222. The SMILES string of the molecule is Cn1cc(Cl)c2cccc(NS(=O)(=O)N3Cc4ccc(C[NH3+])cc4C3)c21. The minimum atomic E-state index is -3.69. The van der Waals surface area contributed by atoms with Crippen LogP contribution in [0, 0.1) is 0 Å². The molecule has 4 rings (SSSR count). The first-order chi connectivity index (χ1) is 12.4. The van der Waals surface area contributed by atoms with Gasteiger partial charge in [0, 0.05) is 37.3 Å². The predicted octanol–water partition coefficient (Wildman–Crippen LogP) is 2.25. The number of hydrogen-bond acceptors (Lipinski definition) is 2. The third-order valence-corrected chi connectivity index (χ3v) is 6.50. The molecule has 1 aromatic heterocycles. The summed E-state index contributed by atoms with van der Waals surface area (Å²) in [5.74, 6) is 0. The zero-order chi connectivity index (χ0) is 18.5. The van der Waals surface area contributed by atoms with E-state index in [2.05, 4.69) is 10.5 Å². The Kier molecular flexibility index (Phi) is 4.19. The number of anilines is 1. The molecule has 0 unspecified atom stereocenters.